The van der Waals surface area contributed by atoms with Crippen LogP contribution in [0.4, 0.5) is 0 Å². The highest BCUT2D eigenvalue weighted by molar-refractivity contribution is 5.26. The Kier molecular flexibility index (Phi) is 5.17. The molecule has 18 heavy (non-hydrogen) atoms. The third-order valence-corrected chi connectivity index (χ3v) is 3.53. The zero-order chi connectivity index (χ0) is 12.8. The van der Waals surface area contributed by atoms with Gasteiger partial charge in [0.2, 0.25) is 0 Å². The lowest BCUT2D eigenvalue weighted by Crippen LogP contribution is -2.44. The molecule has 0 bridgehead atoms. The molecule has 3 heteroatoms. The van der Waals surface area contributed by atoms with Crippen LogP contribution >= 0.6 is 0 Å². The van der Waals surface area contributed by atoms with Crippen molar-refractivity contribution in [3.8, 4) is 0 Å². The number of rotatable bonds is 5. The summed E-state index contributed by atoms with van der Waals surface area (Å²) in [5.41, 5.74) is 2.84. The predicted octanol–water partition coefficient (Wildman–Crippen LogP) is 1.67. The Morgan fingerprint density at radius 1 is 1.33 bits per heavy atom. The summed E-state index contributed by atoms with van der Waals surface area (Å²) < 4.78 is 5.74. The van der Waals surface area contributed by atoms with Crippen LogP contribution < -0.4 is 5.32 Å². The van der Waals surface area contributed by atoms with Gasteiger partial charge in [0.1, 0.15) is 0 Å². The van der Waals surface area contributed by atoms with Crippen LogP contribution in [-0.4, -0.2) is 44.3 Å². The molecule has 0 aliphatic carbocycles. The van der Waals surface area contributed by atoms with Crippen LogP contribution in [0, 0.1) is 0 Å². The van der Waals surface area contributed by atoms with Crippen molar-refractivity contribution < 1.29 is 4.74 Å². The van der Waals surface area contributed by atoms with Gasteiger partial charge in [0.25, 0.3) is 0 Å². The van der Waals surface area contributed by atoms with Gasteiger partial charge in [-0.1, -0.05) is 31.2 Å². The van der Waals surface area contributed by atoms with Gasteiger partial charge in [0, 0.05) is 26.2 Å². The SMILES string of the molecule is CCc1ccccc1CNCC1CN(C)CCO1. The van der Waals surface area contributed by atoms with Gasteiger partial charge in [-0.25, -0.2) is 0 Å². The molecule has 0 saturated carbocycles. The molecule has 0 spiro atoms. The van der Waals surface area contributed by atoms with Crippen LogP contribution in [-0.2, 0) is 17.7 Å². The van der Waals surface area contributed by atoms with Crippen LogP contribution in [0.2, 0.25) is 0 Å². The monoisotopic (exact) mass is 248 g/mol. The Bertz CT molecular complexity index is 367. The van der Waals surface area contributed by atoms with Gasteiger partial charge in [0.05, 0.1) is 12.7 Å². The molecule has 3 nitrogen and oxygen atoms in total. The lowest BCUT2D eigenvalue weighted by Gasteiger charge is -2.30. The van der Waals surface area contributed by atoms with Gasteiger partial charge in [-0.15, -0.1) is 0 Å². The number of likely N-dealkylation sites (N-methyl/N-ethyl adjacent to an activating group) is 1. The van der Waals surface area contributed by atoms with Gasteiger partial charge < -0.3 is 15.0 Å². The Hall–Kier alpha value is -0.900. The number of hydrogen-bond acceptors (Lipinski definition) is 3. The Morgan fingerprint density at radius 3 is 2.83 bits per heavy atom. The van der Waals surface area contributed by atoms with Crippen LogP contribution in [0.1, 0.15) is 18.1 Å². The molecule has 1 atom stereocenters. The van der Waals surface area contributed by atoms with E-state index in [1.54, 1.807) is 0 Å². The predicted molar refractivity (Wildman–Crippen MR) is 74.8 cm³/mol. The van der Waals surface area contributed by atoms with E-state index in [0.717, 1.165) is 39.2 Å². The van der Waals surface area contributed by atoms with E-state index in [2.05, 4.69) is 48.5 Å². The van der Waals surface area contributed by atoms with Crippen molar-refractivity contribution in [2.75, 3.05) is 33.3 Å². The lowest BCUT2D eigenvalue weighted by molar-refractivity contribution is -0.0182. The quantitative estimate of drug-likeness (QED) is 0.858. The molecule has 1 saturated heterocycles. The Labute approximate surface area is 110 Å². The van der Waals surface area contributed by atoms with Gasteiger partial charge in [-0.3, -0.25) is 0 Å². The summed E-state index contributed by atoms with van der Waals surface area (Å²) in [5, 5.41) is 3.51. The number of nitrogens with zero attached hydrogens (tertiary/aromatic N) is 1. The summed E-state index contributed by atoms with van der Waals surface area (Å²) in [6.07, 6.45) is 1.43. The molecule has 1 fully saturated rings. The summed E-state index contributed by atoms with van der Waals surface area (Å²) in [4.78, 5) is 2.33. The topological polar surface area (TPSA) is 24.5 Å². The first-order chi connectivity index (χ1) is 8.79. The van der Waals surface area contributed by atoms with Gasteiger partial charge >= 0.3 is 0 Å². The molecule has 1 heterocycles. The molecule has 0 aromatic heterocycles. The molecule has 1 aromatic rings. The lowest BCUT2D eigenvalue weighted by atomic mass is 10.1. The van der Waals surface area contributed by atoms with Gasteiger partial charge in [0.15, 0.2) is 0 Å². The van der Waals surface area contributed by atoms with E-state index in [1.807, 2.05) is 0 Å². The van der Waals surface area contributed by atoms with E-state index < -0.39 is 0 Å². The van der Waals surface area contributed by atoms with E-state index in [0.29, 0.717) is 6.10 Å². The van der Waals surface area contributed by atoms with Crippen molar-refractivity contribution in [2.24, 2.45) is 0 Å². The molecule has 0 amide bonds. The highest BCUT2D eigenvalue weighted by Crippen LogP contribution is 2.09. The molecule has 0 radical (unpaired) electrons. The number of morpholine rings is 1. The molecule has 2 rings (SSSR count). The van der Waals surface area contributed by atoms with Crippen molar-refractivity contribution in [1.29, 1.82) is 0 Å². The molecule has 1 aromatic carbocycles. The summed E-state index contributed by atoms with van der Waals surface area (Å²) in [5.74, 6) is 0. The normalized spacial score (nSPS) is 21.1. The minimum absolute atomic E-state index is 0.331. The van der Waals surface area contributed by atoms with E-state index in [-0.39, 0.29) is 0 Å². The van der Waals surface area contributed by atoms with Crippen LogP contribution in [0.3, 0.4) is 0 Å². The molecule has 1 aliphatic rings. The van der Waals surface area contributed by atoms with E-state index >= 15 is 0 Å². The van der Waals surface area contributed by atoms with Crippen molar-refractivity contribution in [1.82, 2.24) is 10.2 Å². The minimum Gasteiger partial charge on any atom is -0.374 e. The summed E-state index contributed by atoms with van der Waals surface area (Å²) in [6.45, 7) is 7.01. The fourth-order valence-electron chi connectivity index (χ4n) is 2.43. The molecule has 1 N–H and O–H groups in total. The van der Waals surface area contributed by atoms with E-state index in [1.165, 1.54) is 11.1 Å². The van der Waals surface area contributed by atoms with Crippen molar-refractivity contribution >= 4 is 0 Å². The van der Waals surface area contributed by atoms with E-state index in [4.69, 9.17) is 4.74 Å². The minimum atomic E-state index is 0.331. The first-order valence-electron chi connectivity index (χ1n) is 6.87. The zero-order valence-corrected chi connectivity index (χ0v) is 11.5. The van der Waals surface area contributed by atoms with Gasteiger partial charge in [-0.05, 0) is 24.6 Å². The number of ether oxygens (including phenoxy) is 1. The highest BCUT2D eigenvalue weighted by Gasteiger charge is 2.16. The second-order valence-corrected chi connectivity index (χ2v) is 5.01. The maximum absolute atomic E-state index is 5.74. The zero-order valence-electron chi connectivity index (χ0n) is 11.5. The average molecular weight is 248 g/mol. The number of benzene rings is 1. The highest BCUT2D eigenvalue weighted by atomic mass is 16.5. The first kappa shape index (κ1) is 13.5. The second-order valence-electron chi connectivity index (χ2n) is 5.01. The summed E-state index contributed by atoms with van der Waals surface area (Å²) in [6, 6.07) is 8.64. The smallest absolute Gasteiger partial charge is 0.0826 e. The fourth-order valence-corrected chi connectivity index (χ4v) is 2.43. The molecule has 1 unspecified atom stereocenters. The van der Waals surface area contributed by atoms with Gasteiger partial charge in [-0.2, -0.15) is 0 Å². The molecular formula is C15H24N2O. The van der Waals surface area contributed by atoms with Crippen molar-refractivity contribution in [3.63, 3.8) is 0 Å². The first-order valence-corrected chi connectivity index (χ1v) is 6.87. The molecule has 100 valence electrons. The van der Waals surface area contributed by atoms with Crippen LogP contribution in [0.5, 0.6) is 0 Å². The van der Waals surface area contributed by atoms with Crippen molar-refractivity contribution in [2.45, 2.75) is 26.0 Å². The number of hydrogen-bond donors (Lipinski definition) is 1. The maximum atomic E-state index is 5.74. The largest absolute Gasteiger partial charge is 0.374 e. The average Bonchev–Trinajstić information content (AvgIpc) is 2.39. The van der Waals surface area contributed by atoms with E-state index in [9.17, 15) is 0 Å². The Balaban J connectivity index is 1.77. The standard InChI is InChI=1S/C15H24N2O/c1-3-13-6-4-5-7-14(13)10-16-11-15-12-17(2)8-9-18-15/h4-7,15-16H,3,8-12H2,1-2H3. The third-order valence-electron chi connectivity index (χ3n) is 3.53. The number of nitrogens with one attached hydrogen (secondary N) is 1. The Morgan fingerprint density at radius 2 is 2.11 bits per heavy atom. The van der Waals surface area contributed by atoms with Crippen LogP contribution in [0.15, 0.2) is 24.3 Å². The molecule has 1 aliphatic heterocycles. The van der Waals surface area contributed by atoms with Crippen molar-refractivity contribution in [3.05, 3.63) is 35.4 Å². The molecular weight excluding hydrogens is 224 g/mol. The maximum Gasteiger partial charge on any atom is 0.0826 e. The second kappa shape index (κ2) is 6.88. The summed E-state index contributed by atoms with van der Waals surface area (Å²) in [7, 11) is 2.15. The van der Waals surface area contributed by atoms with Crippen LogP contribution in [0.25, 0.3) is 0 Å². The fraction of sp³-hybridized carbons (Fsp3) is 0.600. The third kappa shape index (κ3) is 3.80. The number of aryl methyl sites for hydroxylation is 1. The summed E-state index contributed by atoms with van der Waals surface area (Å²) >= 11 is 0.